The molecule has 1 amide bonds. The normalized spacial score (nSPS) is 15.7. The third-order valence-corrected chi connectivity index (χ3v) is 6.63. The van der Waals surface area contributed by atoms with E-state index in [1.807, 2.05) is 0 Å². The van der Waals surface area contributed by atoms with Crippen molar-refractivity contribution in [2.45, 2.75) is 19.0 Å². The molecule has 0 spiro atoms. The summed E-state index contributed by atoms with van der Waals surface area (Å²) in [5, 5.41) is 16.0. The maximum atomic E-state index is 13.3. The van der Waals surface area contributed by atoms with Gasteiger partial charge in [0.1, 0.15) is 5.76 Å². The summed E-state index contributed by atoms with van der Waals surface area (Å²) in [7, 11) is 0. The maximum Gasteiger partial charge on any atom is 0.416 e. The summed E-state index contributed by atoms with van der Waals surface area (Å²) >= 11 is 1.12. The van der Waals surface area contributed by atoms with Gasteiger partial charge in [0.2, 0.25) is 0 Å². The molecule has 1 aliphatic heterocycles. The Morgan fingerprint density at radius 3 is 2.51 bits per heavy atom. The minimum absolute atomic E-state index is 0.0431. The molecule has 1 atom stereocenters. The number of hydrogen-bond donors (Lipinski definition) is 2. The molecule has 0 saturated heterocycles. The van der Waals surface area contributed by atoms with Crippen LogP contribution < -0.4 is 10.6 Å². The molecule has 0 radical (unpaired) electrons. The Morgan fingerprint density at radius 2 is 1.86 bits per heavy atom. The standard InChI is InChI=1S/C27H20F3N3O3S/c1-16-23(25(35)33-19-10-5-9-18(13-19)27(28,29)30)24(22-11-6-12-36-22)20(14-31)26(32-16)37-15-21(34)17-7-3-2-4-8-17/h2-13,24,32H,15H2,1H3,(H,33,35). The van der Waals surface area contributed by atoms with Crippen LogP contribution in [0.4, 0.5) is 18.9 Å². The number of allylic oxidation sites excluding steroid dienone is 2. The Balaban J connectivity index is 1.64. The fraction of sp³-hybridized carbons (Fsp3) is 0.148. The Morgan fingerprint density at radius 1 is 1.11 bits per heavy atom. The van der Waals surface area contributed by atoms with Gasteiger partial charge in [0, 0.05) is 16.9 Å². The van der Waals surface area contributed by atoms with E-state index >= 15 is 0 Å². The van der Waals surface area contributed by atoms with Gasteiger partial charge in [-0.15, -0.1) is 0 Å². The summed E-state index contributed by atoms with van der Waals surface area (Å²) in [4.78, 5) is 26.0. The lowest BCUT2D eigenvalue weighted by molar-refractivity contribution is -0.137. The molecular weight excluding hydrogens is 503 g/mol. The third-order valence-electron chi connectivity index (χ3n) is 5.61. The molecule has 6 nitrogen and oxygen atoms in total. The number of nitrogens with one attached hydrogen (secondary N) is 2. The van der Waals surface area contributed by atoms with Gasteiger partial charge in [-0.2, -0.15) is 18.4 Å². The van der Waals surface area contributed by atoms with Crippen molar-refractivity contribution in [3.8, 4) is 6.07 Å². The molecule has 0 fully saturated rings. The number of ketones is 1. The van der Waals surface area contributed by atoms with Gasteiger partial charge < -0.3 is 15.1 Å². The summed E-state index contributed by atoms with van der Waals surface area (Å²) in [5.74, 6) is -1.41. The van der Waals surface area contributed by atoms with E-state index in [1.54, 1.807) is 49.4 Å². The van der Waals surface area contributed by atoms with Crippen LogP contribution in [0.2, 0.25) is 0 Å². The molecule has 0 saturated carbocycles. The summed E-state index contributed by atoms with van der Waals surface area (Å²) in [6.45, 7) is 1.62. The highest BCUT2D eigenvalue weighted by Gasteiger charge is 2.37. The van der Waals surface area contributed by atoms with Crippen molar-refractivity contribution in [1.29, 1.82) is 5.26 Å². The smallest absolute Gasteiger partial charge is 0.416 e. The van der Waals surface area contributed by atoms with Crippen LogP contribution in [0.3, 0.4) is 0 Å². The number of hydrogen-bond acceptors (Lipinski definition) is 6. The minimum Gasteiger partial charge on any atom is -0.468 e. The van der Waals surface area contributed by atoms with Crippen LogP contribution in [0.25, 0.3) is 0 Å². The number of benzene rings is 2. The van der Waals surface area contributed by atoms with Crippen LogP contribution in [0.5, 0.6) is 0 Å². The van der Waals surface area contributed by atoms with Gasteiger partial charge in [0.25, 0.3) is 5.91 Å². The van der Waals surface area contributed by atoms with E-state index in [2.05, 4.69) is 16.7 Å². The summed E-state index contributed by atoms with van der Waals surface area (Å²) in [6, 6.07) is 18.3. The molecule has 2 N–H and O–H groups in total. The lowest BCUT2D eigenvalue weighted by Crippen LogP contribution is -2.30. The summed E-state index contributed by atoms with van der Waals surface area (Å²) in [6.07, 6.45) is -3.17. The topological polar surface area (TPSA) is 95.1 Å². The van der Waals surface area contributed by atoms with Gasteiger partial charge in [-0.25, -0.2) is 0 Å². The lowest BCUT2D eigenvalue weighted by Gasteiger charge is -2.28. The maximum absolute atomic E-state index is 13.3. The molecule has 1 aromatic heterocycles. The van der Waals surface area contributed by atoms with Crippen molar-refractivity contribution < 1.29 is 27.2 Å². The van der Waals surface area contributed by atoms with Crippen molar-refractivity contribution in [2.75, 3.05) is 11.1 Å². The number of dihydropyridines is 1. The van der Waals surface area contributed by atoms with E-state index in [0.29, 0.717) is 22.0 Å². The Bertz CT molecular complexity index is 1420. The number of Topliss-reactive ketones (excluding diaryl/α,β-unsaturated/α-hetero) is 1. The fourth-order valence-corrected chi connectivity index (χ4v) is 4.87. The predicted molar refractivity (Wildman–Crippen MR) is 133 cm³/mol. The number of carbonyl (C=O) groups is 2. The molecule has 37 heavy (non-hydrogen) atoms. The SMILES string of the molecule is CC1=C(C(=O)Nc2cccc(C(F)(F)F)c2)C(c2ccco2)C(C#N)=C(SCC(=O)c2ccccc2)N1. The number of alkyl halides is 3. The van der Waals surface area contributed by atoms with E-state index in [1.165, 1.54) is 18.4 Å². The summed E-state index contributed by atoms with van der Waals surface area (Å²) < 4.78 is 44.9. The molecule has 3 aromatic rings. The molecular formula is C27H20F3N3O3S. The van der Waals surface area contributed by atoms with Gasteiger partial charge in [-0.05, 0) is 37.3 Å². The van der Waals surface area contributed by atoms with Gasteiger partial charge in [0.05, 0.1) is 45.7 Å². The van der Waals surface area contributed by atoms with Crippen LogP contribution in [-0.2, 0) is 11.0 Å². The molecule has 1 unspecified atom stereocenters. The largest absolute Gasteiger partial charge is 0.468 e. The quantitative estimate of drug-likeness (QED) is 0.356. The number of nitrogens with zero attached hydrogens (tertiary/aromatic N) is 1. The fourth-order valence-electron chi connectivity index (χ4n) is 3.88. The Kier molecular flexibility index (Phi) is 7.55. The number of anilines is 1. The number of halogens is 3. The number of furan rings is 1. The zero-order valence-electron chi connectivity index (χ0n) is 19.4. The van der Waals surface area contributed by atoms with E-state index in [-0.39, 0.29) is 28.4 Å². The molecule has 2 aromatic carbocycles. The monoisotopic (exact) mass is 523 g/mol. The Hall–Kier alpha value is -4.23. The highest BCUT2D eigenvalue weighted by molar-refractivity contribution is 8.03. The molecule has 10 heteroatoms. The predicted octanol–water partition coefficient (Wildman–Crippen LogP) is 6.25. The van der Waals surface area contributed by atoms with Crippen molar-refractivity contribution in [1.82, 2.24) is 5.32 Å². The van der Waals surface area contributed by atoms with E-state index in [0.717, 1.165) is 23.9 Å². The number of nitriles is 1. The molecule has 0 aliphatic carbocycles. The first kappa shape index (κ1) is 25.9. The molecule has 1 aliphatic rings. The summed E-state index contributed by atoms with van der Waals surface area (Å²) in [5.41, 5.74) is 0.220. The van der Waals surface area contributed by atoms with E-state index < -0.39 is 23.6 Å². The second-order valence-corrected chi connectivity index (χ2v) is 9.06. The first-order valence-electron chi connectivity index (χ1n) is 11.0. The number of amides is 1. The van der Waals surface area contributed by atoms with Crippen LogP contribution in [0.15, 0.2) is 99.3 Å². The van der Waals surface area contributed by atoms with E-state index in [4.69, 9.17) is 4.42 Å². The average molecular weight is 524 g/mol. The van der Waals surface area contributed by atoms with Crippen LogP contribution in [0.1, 0.15) is 34.5 Å². The second-order valence-electron chi connectivity index (χ2n) is 8.08. The zero-order chi connectivity index (χ0) is 26.6. The zero-order valence-corrected chi connectivity index (χ0v) is 20.2. The molecule has 0 bridgehead atoms. The van der Waals surface area contributed by atoms with Gasteiger partial charge in [0.15, 0.2) is 5.78 Å². The van der Waals surface area contributed by atoms with Gasteiger partial charge in [-0.3, -0.25) is 9.59 Å². The average Bonchev–Trinajstić information content (AvgIpc) is 3.41. The first-order chi connectivity index (χ1) is 17.7. The molecule has 188 valence electrons. The number of thioether (sulfide) groups is 1. The minimum atomic E-state index is -4.57. The molecule has 2 heterocycles. The highest BCUT2D eigenvalue weighted by Crippen LogP contribution is 2.41. The van der Waals surface area contributed by atoms with Crippen LogP contribution >= 0.6 is 11.8 Å². The van der Waals surface area contributed by atoms with Crippen molar-refractivity contribution >= 4 is 29.1 Å². The van der Waals surface area contributed by atoms with Crippen LogP contribution in [-0.4, -0.2) is 17.4 Å². The van der Waals surface area contributed by atoms with Crippen molar-refractivity contribution in [3.05, 3.63) is 112 Å². The van der Waals surface area contributed by atoms with E-state index in [9.17, 15) is 28.0 Å². The number of carbonyl (C=O) groups excluding carboxylic acids is 2. The number of rotatable bonds is 7. The lowest BCUT2D eigenvalue weighted by atomic mass is 9.85. The Labute approximate surface area is 214 Å². The highest BCUT2D eigenvalue weighted by atomic mass is 32.2. The van der Waals surface area contributed by atoms with Gasteiger partial charge in [-0.1, -0.05) is 48.2 Å². The van der Waals surface area contributed by atoms with Crippen LogP contribution in [0, 0.1) is 11.3 Å². The molecule has 4 rings (SSSR count). The van der Waals surface area contributed by atoms with Gasteiger partial charge >= 0.3 is 6.18 Å². The first-order valence-corrected chi connectivity index (χ1v) is 12.0. The van der Waals surface area contributed by atoms with Crippen molar-refractivity contribution in [2.24, 2.45) is 0 Å². The second kappa shape index (κ2) is 10.8. The van der Waals surface area contributed by atoms with Crippen molar-refractivity contribution in [3.63, 3.8) is 0 Å². The third kappa shape index (κ3) is 5.78.